The Morgan fingerprint density at radius 1 is 0.902 bits per heavy atom. The molecule has 0 saturated carbocycles. The first-order chi connectivity index (χ1) is 19.6. The lowest BCUT2D eigenvalue weighted by Crippen LogP contribution is -2.27. The van der Waals surface area contributed by atoms with Gasteiger partial charge in [0.1, 0.15) is 11.6 Å². The maximum Gasteiger partial charge on any atom is 0.429 e. The van der Waals surface area contributed by atoms with Gasteiger partial charge >= 0.3 is 12.2 Å². The smallest absolute Gasteiger partial charge is 0.429 e. The van der Waals surface area contributed by atoms with Gasteiger partial charge in [-0.1, -0.05) is 42.5 Å². The molecule has 0 amide bonds. The fourth-order valence-electron chi connectivity index (χ4n) is 4.18. The average Bonchev–Trinajstić information content (AvgIpc) is 2.92. The average molecular weight is 583 g/mol. The summed E-state index contributed by atoms with van der Waals surface area (Å²) >= 11 is 0. The van der Waals surface area contributed by atoms with E-state index in [0.717, 1.165) is 30.5 Å². The third-order valence-electron chi connectivity index (χ3n) is 6.23. The topological polar surface area (TPSA) is 36.9 Å². The summed E-state index contributed by atoms with van der Waals surface area (Å²) < 4.78 is 117. The fourth-order valence-corrected chi connectivity index (χ4v) is 4.18. The van der Waals surface area contributed by atoms with Crippen LogP contribution in [0.5, 0.6) is 11.5 Å². The Morgan fingerprint density at radius 3 is 2.12 bits per heavy atom. The van der Waals surface area contributed by atoms with Crippen molar-refractivity contribution < 1.29 is 49.7 Å². The van der Waals surface area contributed by atoms with Crippen molar-refractivity contribution in [2.75, 3.05) is 13.2 Å². The molecule has 1 fully saturated rings. The molecular formula is C30H25F7O4. The molecule has 1 heterocycles. The molecule has 0 bridgehead atoms. The molecule has 3 aromatic rings. The highest BCUT2D eigenvalue weighted by Gasteiger charge is 2.38. The first kappa shape index (κ1) is 30.1. The van der Waals surface area contributed by atoms with Gasteiger partial charge in [0.05, 0.1) is 18.8 Å². The molecule has 0 aromatic heterocycles. The van der Waals surface area contributed by atoms with Gasteiger partial charge in [-0.15, -0.1) is 0 Å². The molecule has 3 aromatic carbocycles. The van der Waals surface area contributed by atoms with E-state index in [2.05, 4.69) is 15.5 Å². The van der Waals surface area contributed by atoms with Crippen molar-refractivity contribution in [2.24, 2.45) is 5.92 Å². The minimum Gasteiger partial charge on any atom is -0.453 e. The van der Waals surface area contributed by atoms with Crippen LogP contribution in [-0.4, -0.2) is 13.2 Å². The Labute approximate surface area is 231 Å². The molecule has 1 aliphatic rings. The second kappa shape index (κ2) is 13.2. The molecule has 1 aliphatic heterocycles. The van der Waals surface area contributed by atoms with Crippen LogP contribution >= 0.6 is 0 Å². The summed E-state index contributed by atoms with van der Waals surface area (Å²) in [6.45, 7) is 3.08. The van der Waals surface area contributed by atoms with Crippen LogP contribution in [0.2, 0.25) is 0 Å². The first-order valence-electron chi connectivity index (χ1n) is 12.6. The fraction of sp³-hybridized carbons (Fsp3) is 0.267. The molecule has 0 atom stereocenters. The van der Waals surface area contributed by atoms with Gasteiger partial charge in [0.2, 0.25) is 0 Å². The van der Waals surface area contributed by atoms with E-state index in [1.807, 2.05) is 13.0 Å². The number of allylic oxidation sites excluding steroid dienone is 2. The highest BCUT2D eigenvalue weighted by molar-refractivity contribution is 5.64. The van der Waals surface area contributed by atoms with E-state index in [1.54, 1.807) is 24.3 Å². The lowest BCUT2D eigenvalue weighted by molar-refractivity contribution is -0.205. The van der Waals surface area contributed by atoms with Crippen molar-refractivity contribution >= 4 is 0 Å². The third kappa shape index (κ3) is 7.68. The zero-order chi connectivity index (χ0) is 29.6. The van der Waals surface area contributed by atoms with Crippen molar-refractivity contribution in [3.05, 3.63) is 108 Å². The number of hydrogen-bond acceptors (Lipinski definition) is 4. The summed E-state index contributed by atoms with van der Waals surface area (Å²) in [7, 11) is 0. The summed E-state index contributed by atoms with van der Waals surface area (Å²) in [6.07, 6.45) is -1.48. The van der Waals surface area contributed by atoms with Gasteiger partial charge in [0.15, 0.2) is 29.9 Å². The Kier molecular flexibility index (Phi) is 9.72. The maximum atomic E-state index is 14.8. The van der Waals surface area contributed by atoms with E-state index in [-0.39, 0.29) is 11.8 Å². The van der Waals surface area contributed by atoms with Crippen LogP contribution in [0.1, 0.15) is 37.2 Å². The second-order valence-electron chi connectivity index (χ2n) is 9.19. The molecule has 0 spiro atoms. The molecular weight excluding hydrogens is 557 g/mol. The van der Waals surface area contributed by atoms with Crippen molar-refractivity contribution in [3.8, 4) is 22.6 Å². The number of benzene rings is 3. The van der Waals surface area contributed by atoms with Crippen LogP contribution in [0.25, 0.3) is 11.1 Å². The molecule has 4 nitrogen and oxygen atoms in total. The highest BCUT2D eigenvalue weighted by Crippen LogP contribution is 2.37. The lowest BCUT2D eigenvalue weighted by atomic mass is 10.0. The zero-order valence-electron chi connectivity index (χ0n) is 21.7. The van der Waals surface area contributed by atoms with Crippen molar-refractivity contribution in [3.63, 3.8) is 0 Å². The van der Waals surface area contributed by atoms with Gasteiger partial charge in [0.25, 0.3) is 0 Å². The Bertz CT molecular complexity index is 1370. The van der Waals surface area contributed by atoms with Crippen LogP contribution in [0.15, 0.2) is 79.1 Å². The van der Waals surface area contributed by atoms with E-state index in [4.69, 9.17) is 9.47 Å². The molecule has 1 saturated heterocycles. The largest absolute Gasteiger partial charge is 0.453 e. The normalized spacial score (nSPS) is 17.5. The highest BCUT2D eigenvalue weighted by atomic mass is 19.3. The van der Waals surface area contributed by atoms with E-state index in [9.17, 15) is 30.7 Å². The third-order valence-corrected chi connectivity index (χ3v) is 6.23. The van der Waals surface area contributed by atoms with Crippen molar-refractivity contribution in [1.82, 2.24) is 0 Å². The van der Waals surface area contributed by atoms with Crippen molar-refractivity contribution in [1.29, 1.82) is 0 Å². The molecule has 0 unspecified atom stereocenters. The predicted octanol–water partition coefficient (Wildman–Crippen LogP) is 9.03. The summed E-state index contributed by atoms with van der Waals surface area (Å²) in [5, 5.41) is 0. The van der Waals surface area contributed by atoms with Gasteiger partial charge in [-0.05, 0) is 43.0 Å². The molecule has 11 heteroatoms. The zero-order valence-corrected chi connectivity index (χ0v) is 21.7. The molecule has 218 valence electrons. The van der Waals surface area contributed by atoms with Gasteiger partial charge in [-0.3, -0.25) is 0 Å². The van der Waals surface area contributed by atoms with E-state index in [1.165, 1.54) is 6.07 Å². The summed E-state index contributed by atoms with van der Waals surface area (Å²) in [4.78, 5) is 0. The van der Waals surface area contributed by atoms with Crippen molar-refractivity contribution in [2.45, 2.75) is 32.2 Å². The molecule has 0 radical (unpaired) electrons. The quantitative estimate of drug-likeness (QED) is 0.136. The van der Waals surface area contributed by atoms with Gasteiger partial charge < -0.3 is 18.9 Å². The lowest BCUT2D eigenvalue weighted by Gasteiger charge is -2.29. The molecule has 0 aliphatic carbocycles. The number of hydrogen-bond donors (Lipinski definition) is 0. The number of halogens is 7. The minimum atomic E-state index is -4.33. The Hall–Kier alpha value is -3.83. The van der Waals surface area contributed by atoms with Crippen LogP contribution in [-0.2, 0) is 15.6 Å². The monoisotopic (exact) mass is 582 g/mol. The van der Waals surface area contributed by atoms with Crippen LogP contribution in [0, 0.1) is 23.4 Å². The Balaban J connectivity index is 1.43. The van der Waals surface area contributed by atoms with Crippen LogP contribution < -0.4 is 9.47 Å². The van der Waals surface area contributed by atoms with Gasteiger partial charge in [-0.2, -0.15) is 17.6 Å². The summed E-state index contributed by atoms with van der Waals surface area (Å²) in [5.74, 6) is -6.46. The van der Waals surface area contributed by atoms with Gasteiger partial charge in [-0.25, -0.2) is 13.2 Å². The molecule has 0 N–H and O–H groups in total. The SMILES string of the molecule is C/C=C/CCC1COC(c2ccc(-c3ccc(C(F)(F)Oc4cc(F)c(OC=C(F)F)c(F)c4)c(F)c3)cc2)OC1. The second-order valence-corrected chi connectivity index (χ2v) is 9.19. The predicted molar refractivity (Wildman–Crippen MR) is 136 cm³/mol. The number of alkyl halides is 2. The van der Waals surface area contributed by atoms with E-state index in [0.29, 0.717) is 36.8 Å². The molecule has 4 rings (SSSR count). The standard InChI is InChI=1S/C30H25F7O4/c1-2-3-4-5-18-15-39-29(40-16-18)20-8-6-19(7-9-20)21-10-11-23(24(31)12-21)30(36,37)41-22-13-25(32)28(26(33)14-22)38-17-27(34)35/h2-3,6-14,17-18,29H,4-5,15-16H2,1H3/b3-2+. The number of ether oxygens (including phenoxy) is 4. The summed E-state index contributed by atoms with van der Waals surface area (Å²) in [5.41, 5.74) is 0.380. The van der Waals surface area contributed by atoms with E-state index >= 15 is 0 Å². The number of rotatable bonds is 10. The first-order valence-corrected chi connectivity index (χ1v) is 12.6. The Morgan fingerprint density at radius 2 is 1.54 bits per heavy atom. The van der Waals surface area contributed by atoms with Crippen LogP contribution in [0.4, 0.5) is 30.7 Å². The minimum absolute atomic E-state index is 0.221. The molecule has 41 heavy (non-hydrogen) atoms. The van der Waals surface area contributed by atoms with Gasteiger partial charge in [0, 0.05) is 23.6 Å². The van der Waals surface area contributed by atoms with E-state index < -0.39 is 53.0 Å². The maximum absolute atomic E-state index is 14.8. The van der Waals surface area contributed by atoms with Crippen LogP contribution in [0.3, 0.4) is 0 Å². The summed E-state index contributed by atoms with van der Waals surface area (Å²) in [6, 6.07) is 10.3.